The zero-order valence-corrected chi connectivity index (χ0v) is 4.13. The van der Waals surface area contributed by atoms with E-state index < -0.39 is 0 Å². The fourth-order valence-electron chi connectivity index (χ4n) is 0.424. The van der Waals surface area contributed by atoms with E-state index >= 15 is 0 Å². The topological polar surface area (TPSA) is 52.3 Å². The number of hydrogen-bond acceptors (Lipinski definition) is 3. The summed E-state index contributed by atoms with van der Waals surface area (Å²) >= 11 is 0. The van der Waals surface area contributed by atoms with Crippen LogP contribution < -0.4 is 5.73 Å². The molecule has 3 nitrogen and oxygen atoms in total. The van der Waals surface area contributed by atoms with Crippen LogP contribution in [-0.2, 0) is 9.53 Å². The number of cyclic esters (lactones) is 1. The number of allylic oxidation sites excluding steroid dienone is 1. The van der Waals surface area contributed by atoms with Crippen molar-refractivity contribution in [1.82, 2.24) is 0 Å². The second-order valence-corrected chi connectivity index (χ2v) is 1.32. The monoisotopic (exact) mass is 111 g/mol. The molecule has 0 spiro atoms. The Hall–Kier alpha value is -1.25. The Balaban J connectivity index is 2.73. The molecule has 0 atom stereocenters. The molecule has 0 fully saturated rings. The van der Waals surface area contributed by atoms with Crippen LogP contribution >= 0.6 is 0 Å². The Morgan fingerprint density at radius 3 is 2.62 bits per heavy atom. The fraction of sp³-hybridized carbons (Fsp3) is 0. The SMILES string of the molecule is N/C=C1/C=CC(=O)O1. The van der Waals surface area contributed by atoms with Gasteiger partial charge in [-0.1, -0.05) is 0 Å². The van der Waals surface area contributed by atoms with E-state index in [0.717, 1.165) is 0 Å². The summed E-state index contributed by atoms with van der Waals surface area (Å²) < 4.78 is 4.50. The fourth-order valence-corrected chi connectivity index (χ4v) is 0.424. The Morgan fingerprint density at radius 2 is 2.38 bits per heavy atom. The first-order valence-corrected chi connectivity index (χ1v) is 2.15. The van der Waals surface area contributed by atoms with Gasteiger partial charge in [0.2, 0.25) is 0 Å². The summed E-state index contributed by atoms with van der Waals surface area (Å²) in [6, 6.07) is 0. The van der Waals surface area contributed by atoms with E-state index in [1.54, 1.807) is 0 Å². The van der Waals surface area contributed by atoms with E-state index in [1.807, 2.05) is 0 Å². The summed E-state index contributed by atoms with van der Waals surface area (Å²) in [7, 11) is 0. The van der Waals surface area contributed by atoms with Gasteiger partial charge in [0, 0.05) is 12.3 Å². The number of nitrogens with two attached hydrogens (primary N) is 1. The molecule has 0 unspecified atom stereocenters. The van der Waals surface area contributed by atoms with E-state index in [-0.39, 0.29) is 5.97 Å². The first-order chi connectivity index (χ1) is 3.83. The minimum absolute atomic E-state index is 0.360. The maximum atomic E-state index is 10.2. The zero-order valence-electron chi connectivity index (χ0n) is 4.13. The molecule has 1 rings (SSSR count). The van der Waals surface area contributed by atoms with Gasteiger partial charge in [-0.2, -0.15) is 0 Å². The van der Waals surface area contributed by atoms with Gasteiger partial charge in [-0.05, 0) is 6.08 Å². The third-order valence-electron chi connectivity index (χ3n) is 0.766. The molecule has 0 radical (unpaired) electrons. The Kier molecular flexibility index (Phi) is 1.04. The minimum Gasteiger partial charge on any atom is -0.422 e. The van der Waals surface area contributed by atoms with Crippen LogP contribution in [0.5, 0.6) is 0 Å². The van der Waals surface area contributed by atoms with E-state index in [2.05, 4.69) is 4.74 Å². The van der Waals surface area contributed by atoms with Crippen LogP contribution in [0.4, 0.5) is 0 Å². The molecule has 1 aliphatic rings. The van der Waals surface area contributed by atoms with Crippen molar-refractivity contribution < 1.29 is 9.53 Å². The van der Waals surface area contributed by atoms with Gasteiger partial charge in [0.25, 0.3) is 0 Å². The Morgan fingerprint density at radius 1 is 1.62 bits per heavy atom. The van der Waals surface area contributed by atoms with E-state index in [1.165, 1.54) is 18.4 Å². The summed E-state index contributed by atoms with van der Waals surface area (Å²) in [5, 5.41) is 0. The summed E-state index contributed by atoms with van der Waals surface area (Å²) in [6.45, 7) is 0. The molecule has 42 valence electrons. The average molecular weight is 111 g/mol. The molecule has 1 aliphatic heterocycles. The number of hydrogen-bond donors (Lipinski definition) is 1. The van der Waals surface area contributed by atoms with Crippen molar-refractivity contribution in [1.29, 1.82) is 0 Å². The van der Waals surface area contributed by atoms with E-state index in [4.69, 9.17) is 5.73 Å². The maximum Gasteiger partial charge on any atom is 0.336 e. The molecule has 0 aromatic carbocycles. The molecule has 0 bridgehead atoms. The highest BCUT2D eigenvalue weighted by Gasteiger charge is 2.06. The van der Waals surface area contributed by atoms with Gasteiger partial charge in [-0.3, -0.25) is 0 Å². The quantitative estimate of drug-likeness (QED) is 0.444. The lowest BCUT2D eigenvalue weighted by atomic mass is 10.5. The predicted molar refractivity (Wildman–Crippen MR) is 27.5 cm³/mol. The molecule has 0 aliphatic carbocycles. The normalized spacial score (nSPS) is 22.0. The van der Waals surface area contributed by atoms with Crippen LogP contribution in [0.1, 0.15) is 0 Å². The van der Waals surface area contributed by atoms with Crippen LogP contribution in [-0.4, -0.2) is 5.97 Å². The van der Waals surface area contributed by atoms with Gasteiger partial charge in [0.15, 0.2) is 0 Å². The van der Waals surface area contributed by atoms with Crippen LogP contribution in [0.2, 0.25) is 0 Å². The van der Waals surface area contributed by atoms with Crippen LogP contribution in [0.25, 0.3) is 0 Å². The van der Waals surface area contributed by atoms with Crippen molar-refractivity contribution in [2.45, 2.75) is 0 Å². The standard InChI is InChI=1S/C5H5NO2/c6-3-4-1-2-5(7)8-4/h1-3H,6H2/b4-3-. The van der Waals surface area contributed by atoms with Gasteiger partial charge < -0.3 is 10.5 Å². The van der Waals surface area contributed by atoms with Crippen LogP contribution in [0, 0.1) is 0 Å². The summed E-state index contributed by atoms with van der Waals surface area (Å²) in [5.41, 5.74) is 5.01. The van der Waals surface area contributed by atoms with Crippen LogP contribution in [0.15, 0.2) is 24.1 Å². The van der Waals surface area contributed by atoms with Crippen molar-refractivity contribution >= 4 is 5.97 Å². The van der Waals surface area contributed by atoms with Gasteiger partial charge in [0.1, 0.15) is 5.76 Å². The molecular weight excluding hydrogens is 106 g/mol. The maximum absolute atomic E-state index is 10.2. The highest BCUT2D eigenvalue weighted by molar-refractivity contribution is 5.86. The second-order valence-electron chi connectivity index (χ2n) is 1.32. The molecule has 2 N–H and O–H groups in total. The molecular formula is C5H5NO2. The number of esters is 1. The molecule has 0 saturated heterocycles. The number of carbonyl (C=O) groups excluding carboxylic acids is 1. The highest BCUT2D eigenvalue weighted by Crippen LogP contribution is 2.05. The molecule has 0 saturated carbocycles. The third kappa shape index (κ3) is 0.703. The molecule has 0 amide bonds. The molecule has 0 aromatic heterocycles. The molecule has 3 heteroatoms. The van der Waals surface area contributed by atoms with Gasteiger partial charge in [-0.15, -0.1) is 0 Å². The largest absolute Gasteiger partial charge is 0.422 e. The van der Waals surface area contributed by atoms with E-state index in [0.29, 0.717) is 5.76 Å². The Bertz CT molecular complexity index is 169. The number of rotatable bonds is 0. The smallest absolute Gasteiger partial charge is 0.336 e. The first-order valence-electron chi connectivity index (χ1n) is 2.15. The highest BCUT2D eigenvalue weighted by atomic mass is 16.5. The van der Waals surface area contributed by atoms with Crippen molar-refractivity contribution in [3.05, 3.63) is 24.1 Å². The second kappa shape index (κ2) is 1.69. The lowest BCUT2D eigenvalue weighted by Gasteiger charge is -1.88. The Labute approximate surface area is 46.4 Å². The summed E-state index contributed by atoms with van der Waals surface area (Å²) in [6.07, 6.45) is 4.07. The van der Waals surface area contributed by atoms with E-state index in [9.17, 15) is 4.79 Å². The van der Waals surface area contributed by atoms with Gasteiger partial charge in [-0.25, -0.2) is 4.79 Å². The van der Waals surface area contributed by atoms with Gasteiger partial charge in [0.05, 0.1) is 0 Å². The van der Waals surface area contributed by atoms with Gasteiger partial charge >= 0.3 is 5.97 Å². The summed E-state index contributed by atoms with van der Waals surface area (Å²) in [4.78, 5) is 10.2. The lowest BCUT2D eigenvalue weighted by molar-refractivity contribution is -0.132. The predicted octanol–water partition coefficient (Wildman–Crippen LogP) is -0.100. The van der Waals surface area contributed by atoms with Crippen LogP contribution in [0.3, 0.4) is 0 Å². The van der Waals surface area contributed by atoms with Crippen molar-refractivity contribution in [3.8, 4) is 0 Å². The zero-order chi connectivity index (χ0) is 5.98. The lowest BCUT2D eigenvalue weighted by Crippen LogP contribution is -1.92. The van der Waals surface area contributed by atoms with Crippen molar-refractivity contribution in [2.75, 3.05) is 0 Å². The first kappa shape index (κ1) is 4.90. The minimum atomic E-state index is -0.360. The number of carbonyl (C=O) groups is 1. The van der Waals surface area contributed by atoms with Crippen molar-refractivity contribution in [3.63, 3.8) is 0 Å². The van der Waals surface area contributed by atoms with Crippen molar-refractivity contribution in [2.24, 2.45) is 5.73 Å². The summed E-state index contributed by atoms with van der Waals surface area (Å²) in [5.74, 6) is 0.0525. The molecule has 0 aromatic rings. The molecule has 8 heavy (non-hydrogen) atoms. The average Bonchev–Trinajstić information content (AvgIpc) is 2.14. The number of ether oxygens (including phenoxy) is 1. The third-order valence-corrected chi connectivity index (χ3v) is 0.766. The molecule has 1 heterocycles.